The highest BCUT2D eigenvalue weighted by molar-refractivity contribution is 9.10. The van der Waals surface area contributed by atoms with Crippen LogP contribution in [0.2, 0.25) is 5.02 Å². The molecule has 6 nitrogen and oxygen atoms in total. The summed E-state index contributed by atoms with van der Waals surface area (Å²) in [6.45, 7) is 0. The number of methoxy groups -OCH3 is 1. The van der Waals surface area contributed by atoms with Gasteiger partial charge in [0.25, 0.3) is 5.91 Å². The van der Waals surface area contributed by atoms with E-state index in [2.05, 4.69) is 36.7 Å². The number of nitrogens with zero attached hydrogens (tertiary/aromatic N) is 3. The molecule has 156 valence electrons. The third kappa shape index (κ3) is 6.98. The maximum absolute atomic E-state index is 12.0. The van der Waals surface area contributed by atoms with Gasteiger partial charge in [-0.1, -0.05) is 80.6 Å². The number of ether oxygens (including phenoxy) is 1. The molecule has 1 amide bonds. The van der Waals surface area contributed by atoms with Crippen molar-refractivity contribution in [3.8, 4) is 5.75 Å². The van der Waals surface area contributed by atoms with Gasteiger partial charge in [-0.05, 0) is 29.8 Å². The van der Waals surface area contributed by atoms with Crippen LogP contribution in [-0.4, -0.2) is 35.2 Å². The zero-order valence-electron chi connectivity index (χ0n) is 15.7. The Morgan fingerprint density at radius 1 is 1.27 bits per heavy atom. The van der Waals surface area contributed by atoms with Gasteiger partial charge in [-0.15, -0.1) is 10.2 Å². The van der Waals surface area contributed by atoms with Crippen LogP contribution in [0.1, 0.15) is 11.1 Å². The zero-order valence-corrected chi connectivity index (χ0v) is 20.5. The van der Waals surface area contributed by atoms with Crippen molar-refractivity contribution in [1.82, 2.24) is 15.6 Å². The Bertz CT molecular complexity index is 1050. The molecule has 30 heavy (non-hydrogen) atoms. The van der Waals surface area contributed by atoms with Crippen LogP contribution in [-0.2, 0) is 10.5 Å². The average Bonchev–Trinajstić information content (AvgIpc) is 3.20. The minimum Gasteiger partial charge on any atom is -0.496 e. The second-order valence-electron chi connectivity index (χ2n) is 5.68. The predicted octanol–water partition coefficient (Wildman–Crippen LogP) is 5.50. The highest BCUT2D eigenvalue weighted by atomic mass is 79.9. The molecular formula is C19H16BrClN4O2S3. The normalized spacial score (nSPS) is 11.0. The van der Waals surface area contributed by atoms with E-state index in [-0.39, 0.29) is 11.7 Å². The van der Waals surface area contributed by atoms with Gasteiger partial charge in [-0.3, -0.25) is 4.79 Å². The maximum atomic E-state index is 12.0. The molecule has 0 spiro atoms. The van der Waals surface area contributed by atoms with Crippen LogP contribution >= 0.6 is 62.4 Å². The van der Waals surface area contributed by atoms with E-state index in [0.29, 0.717) is 11.5 Å². The number of hydrazone groups is 1. The molecule has 0 fully saturated rings. The summed E-state index contributed by atoms with van der Waals surface area (Å²) in [5.74, 6) is 1.34. The lowest BCUT2D eigenvalue weighted by atomic mass is 10.2. The fourth-order valence-electron chi connectivity index (χ4n) is 2.21. The minimum atomic E-state index is -0.231. The quantitative estimate of drug-likeness (QED) is 0.218. The Kier molecular flexibility index (Phi) is 9.01. The lowest BCUT2D eigenvalue weighted by Gasteiger charge is -2.04. The Morgan fingerprint density at radius 3 is 2.80 bits per heavy atom. The molecule has 0 radical (unpaired) electrons. The van der Waals surface area contributed by atoms with Gasteiger partial charge < -0.3 is 4.74 Å². The second kappa shape index (κ2) is 11.7. The topological polar surface area (TPSA) is 76.5 Å². The molecule has 0 aliphatic heterocycles. The van der Waals surface area contributed by atoms with Crippen LogP contribution in [0, 0.1) is 0 Å². The van der Waals surface area contributed by atoms with Gasteiger partial charge in [-0.25, -0.2) is 5.43 Å². The fourth-order valence-corrected chi connectivity index (χ4v) is 5.69. The molecule has 0 unspecified atom stereocenters. The van der Waals surface area contributed by atoms with Gasteiger partial charge in [0.2, 0.25) is 0 Å². The number of carbonyl (C=O) groups excluding carboxylic acids is 1. The van der Waals surface area contributed by atoms with Gasteiger partial charge in [-0.2, -0.15) is 5.10 Å². The summed E-state index contributed by atoms with van der Waals surface area (Å²) in [5.41, 5.74) is 4.31. The summed E-state index contributed by atoms with van der Waals surface area (Å²) >= 11 is 13.9. The van der Waals surface area contributed by atoms with Crippen molar-refractivity contribution in [3.05, 3.63) is 63.1 Å². The molecule has 0 atom stereocenters. The molecule has 0 saturated carbocycles. The Labute approximate surface area is 200 Å². The van der Waals surface area contributed by atoms with Gasteiger partial charge in [0.15, 0.2) is 8.68 Å². The van der Waals surface area contributed by atoms with Crippen molar-refractivity contribution in [3.63, 3.8) is 0 Å². The maximum Gasteiger partial charge on any atom is 0.250 e. The number of benzene rings is 2. The second-order valence-corrected chi connectivity index (χ2v) is 10.4. The summed E-state index contributed by atoms with van der Waals surface area (Å²) in [5, 5.41) is 13.0. The number of aromatic nitrogens is 2. The molecule has 1 aromatic heterocycles. The number of amides is 1. The highest BCUT2D eigenvalue weighted by Gasteiger charge is 2.09. The highest BCUT2D eigenvalue weighted by Crippen LogP contribution is 2.32. The van der Waals surface area contributed by atoms with E-state index in [1.165, 1.54) is 23.1 Å². The first-order chi connectivity index (χ1) is 14.5. The number of thioether (sulfide) groups is 2. The van der Waals surface area contributed by atoms with Crippen molar-refractivity contribution < 1.29 is 9.53 Å². The molecule has 3 rings (SSSR count). The largest absolute Gasteiger partial charge is 0.496 e. The average molecular weight is 544 g/mol. The number of rotatable bonds is 9. The first-order valence-electron chi connectivity index (χ1n) is 8.53. The van der Waals surface area contributed by atoms with Crippen LogP contribution < -0.4 is 10.2 Å². The molecule has 1 heterocycles. The SMILES string of the molecule is COc1ccc(Br)cc1/C=N\NC(=O)CSc1nnc(SCc2ccccc2Cl)s1. The zero-order chi connectivity index (χ0) is 21.3. The van der Waals surface area contributed by atoms with E-state index in [9.17, 15) is 4.79 Å². The molecular weight excluding hydrogens is 528 g/mol. The third-order valence-corrected chi connectivity index (χ3v) is 7.71. The Morgan fingerprint density at radius 2 is 2.03 bits per heavy atom. The van der Waals surface area contributed by atoms with Crippen LogP contribution in [0.25, 0.3) is 0 Å². The van der Waals surface area contributed by atoms with Crippen molar-refractivity contribution in [2.75, 3.05) is 12.9 Å². The number of halogens is 2. The van der Waals surface area contributed by atoms with Gasteiger partial charge in [0.05, 0.1) is 19.1 Å². The lowest BCUT2D eigenvalue weighted by Crippen LogP contribution is -2.19. The van der Waals surface area contributed by atoms with Crippen molar-refractivity contribution in [1.29, 1.82) is 0 Å². The summed E-state index contributed by atoms with van der Waals surface area (Å²) in [4.78, 5) is 12.0. The van der Waals surface area contributed by atoms with Gasteiger partial charge in [0, 0.05) is 20.8 Å². The van der Waals surface area contributed by atoms with Crippen molar-refractivity contribution >= 4 is 74.5 Å². The summed E-state index contributed by atoms with van der Waals surface area (Å²) < 4.78 is 7.72. The van der Waals surface area contributed by atoms with E-state index in [1.54, 1.807) is 25.1 Å². The van der Waals surface area contributed by atoms with E-state index >= 15 is 0 Å². The molecule has 0 aliphatic carbocycles. The van der Waals surface area contributed by atoms with Crippen LogP contribution in [0.3, 0.4) is 0 Å². The van der Waals surface area contributed by atoms with Gasteiger partial charge >= 0.3 is 0 Å². The smallest absolute Gasteiger partial charge is 0.250 e. The van der Waals surface area contributed by atoms with E-state index in [1.807, 2.05) is 42.5 Å². The van der Waals surface area contributed by atoms with E-state index in [0.717, 1.165) is 29.3 Å². The van der Waals surface area contributed by atoms with E-state index < -0.39 is 0 Å². The predicted molar refractivity (Wildman–Crippen MR) is 128 cm³/mol. The molecule has 2 aromatic carbocycles. The molecule has 0 bridgehead atoms. The minimum absolute atomic E-state index is 0.191. The molecule has 0 aliphatic rings. The summed E-state index contributed by atoms with van der Waals surface area (Å²) in [6.07, 6.45) is 1.54. The Balaban J connectivity index is 1.45. The number of nitrogens with one attached hydrogen (secondary N) is 1. The lowest BCUT2D eigenvalue weighted by molar-refractivity contribution is -0.118. The molecule has 11 heteroatoms. The Hall–Kier alpha value is -1.59. The van der Waals surface area contributed by atoms with Crippen molar-refractivity contribution in [2.45, 2.75) is 14.4 Å². The monoisotopic (exact) mass is 542 g/mol. The molecule has 1 N–H and O–H groups in total. The molecule has 3 aromatic rings. The number of hydrogen-bond donors (Lipinski definition) is 1. The van der Waals surface area contributed by atoms with Crippen LogP contribution in [0.5, 0.6) is 5.75 Å². The third-order valence-electron chi connectivity index (χ3n) is 3.61. The first kappa shape index (κ1) is 23.1. The molecule has 0 saturated heterocycles. The fraction of sp³-hybridized carbons (Fsp3) is 0.158. The summed E-state index contributed by atoms with van der Waals surface area (Å²) in [7, 11) is 1.58. The number of hydrogen-bond acceptors (Lipinski definition) is 8. The number of carbonyl (C=O) groups is 1. The van der Waals surface area contributed by atoms with Crippen LogP contribution in [0.15, 0.2) is 60.7 Å². The first-order valence-corrected chi connectivity index (χ1v) is 12.5. The van der Waals surface area contributed by atoms with Crippen molar-refractivity contribution in [2.24, 2.45) is 5.10 Å². The van der Waals surface area contributed by atoms with Gasteiger partial charge in [0.1, 0.15) is 5.75 Å². The summed E-state index contributed by atoms with van der Waals surface area (Å²) in [6, 6.07) is 13.3. The standard InChI is InChI=1S/C19H16BrClN4O2S3/c1-27-16-7-6-14(20)8-13(16)9-22-23-17(26)11-29-19-25-24-18(30-19)28-10-12-4-2-3-5-15(12)21/h2-9H,10-11H2,1H3,(H,23,26)/b22-9-. The van der Waals surface area contributed by atoms with Crippen LogP contribution in [0.4, 0.5) is 0 Å². The van der Waals surface area contributed by atoms with E-state index in [4.69, 9.17) is 16.3 Å².